The molecule has 0 saturated carbocycles. The molecule has 11 nitrogen and oxygen atoms in total. The molecule has 0 unspecified atom stereocenters. The minimum absolute atomic E-state index is 0.228. The molecule has 0 fully saturated rings. The third kappa shape index (κ3) is 6.15. The molecule has 2 aromatic rings. The van der Waals surface area contributed by atoms with Crippen LogP contribution in [0.15, 0.2) is 25.2 Å². The largest absolute Gasteiger partial charge is 0.385 e. The van der Waals surface area contributed by atoms with E-state index in [1.165, 1.54) is 7.05 Å². The average Bonchev–Trinajstić information content (AvgIpc) is 3.09. The number of carbonyl (C=O) groups excluding carboxylic acids is 2. The lowest BCUT2D eigenvalue weighted by Gasteiger charge is -2.15. The number of methoxy groups -OCH3 is 2. The zero-order valence-corrected chi connectivity index (χ0v) is 24.1. The molecule has 1 aliphatic heterocycles. The highest BCUT2D eigenvalue weighted by atomic mass is 79.9. The standard InChI is InChI=1S/C24H27Br2N7O4/c1-13-15(12-27)21(28-7-5-9-36-3)30-22(29-8-6-10-37-4)19(13)31-32-20-16(25)11-14-17(18(20)26)24(35)33(2)23(14)34/h11H,5-10H2,1-4H3,(H2,28,29,30). The predicted octanol–water partition coefficient (Wildman–Crippen LogP) is 5.32. The first-order valence-electron chi connectivity index (χ1n) is 11.4. The van der Waals surface area contributed by atoms with Crippen LogP contribution in [-0.4, -0.2) is 69.3 Å². The molecule has 0 radical (unpaired) electrons. The van der Waals surface area contributed by atoms with E-state index in [-0.39, 0.29) is 17.0 Å². The number of azo groups is 1. The van der Waals surface area contributed by atoms with Crippen LogP contribution < -0.4 is 10.6 Å². The second-order valence-corrected chi connectivity index (χ2v) is 9.78. The maximum absolute atomic E-state index is 12.6. The van der Waals surface area contributed by atoms with Crippen molar-refractivity contribution in [3.05, 3.63) is 37.3 Å². The fourth-order valence-corrected chi connectivity index (χ4v) is 5.12. The third-order valence-corrected chi connectivity index (χ3v) is 7.04. The number of ether oxygens (including phenoxy) is 2. The van der Waals surface area contributed by atoms with Gasteiger partial charge >= 0.3 is 0 Å². The SMILES string of the molecule is COCCCNc1nc(NCCCOC)c(N=Nc2c(Br)cc3c(c2Br)C(=O)N(C)C3=O)c(C)c1C#N. The van der Waals surface area contributed by atoms with E-state index >= 15 is 0 Å². The zero-order chi connectivity index (χ0) is 27.1. The van der Waals surface area contributed by atoms with Gasteiger partial charge in [-0.1, -0.05) is 0 Å². The van der Waals surface area contributed by atoms with E-state index in [1.54, 1.807) is 27.2 Å². The summed E-state index contributed by atoms with van der Waals surface area (Å²) in [7, 11) is 4.69. The summed E-state index contributed by atoms with van der Waals surface area (Å²) in [6, 6.07) is 3.76. The molecule has 13 heteroatoms. The van der Waals surface area contributed by atoms with E-state index in [1.807, 2.05) is 0 Å². The molecule has 1 aliphatic rings. The molecule has 1 aromatic carbocycles. The van der Waals surface area contributed by atoms with E-state index in [0.29, 0.717) is 69.4 Å². The molecule has 2 heterocycles. The van der Waals surface area contributed by atoms with Crippen LogP contribution >= 0.6 is 31.9 Å². The number of anilines is 2. The molecule has 0 atom stereocenters. The number of pyridine rings is 1. The Balaban J connectivity index is 2.05. The molecule has 1 aromatic heterocycles. The quantitative estimate of drug-likeness (QED) is 0.181. The Bertz CT molecular complexity index is 1280. The molecule has 2 amide bonds. The molecule has 0 spiro atoms. The molecular weight excluding hydrogens is 610 g/mol. The number of nitrogens with one attached hydrogen (secondary N) is 2. The number of nitriles is 1. The number of hydrogen-bond donors (Lipinski definition) is 2. The van der Waals surface area contributed by atoms with Gasteiger partial charge in [0, 0.05) is 57.6 Å². The number of fused-ring (bicyclic) bond motifs is 1. The fraction of sp³-hybridized carbons (Fsp3) is 0.417. The highest BCUT2D eigenvalue weighted by Crippen LogP contribution is 2.43. The van der Waals surface area contributed by atoms with Gasteiger partial charge in [0.2, 0.25) is 0 Å². The molecule has 0 bridgehead atoms. The summed E-state index contributed by atoms with van der Waals surface area (Å²) in [6.07, 6.45) is 1.48. The Morgan fingerprint density at radius 1 is 1.03 bits per heavy atom. The van der Waals surface area contributed by atoms with Gasteiger partial charge in [-0.25, -0.2) is 4.98 Å². The van der Waals surface area contributed by atoms with E-state index in [9.17, 15) is 14.9 Å². The van der Waals surface area contributed by atoms with Crippen LogP contribution in [0.25, 0.3) is 0 Å². The lowest BCUT2D eigenvalue weighted by atomic mass is 10.1. The molecule has 2 N–H and O–H groups in total. The van der Waals surface area contributed by atoms with Crippen molar-refractivity contribution >= 4 is 66.7 Å². The number of halogens is 2. The third-order valence-electron chi connectivity index (χ3n) is 5.66. The number of rotatable bonds is 12. The van der Waals surface area contributed by atoms with Crippen molar-refractivity contribution in [2.24, 2.45) is 10.2 Å². The van der Waals surface area contributed by atoms with Crippen LogP contribution in [0.3, 0.4) is 0 Å². The van der Waals surface area contributed by atoms with Crippen molar-refractivity contribution in [2.75, 3.05) is 58.2 Å². The highest BCUT2D eigenvalue weighted by Gasteiger charge is 2.36. The Morgan fingerprint density at radius 3 is 2.22 bits per heavy atom. The Kier molecular flexibility index (Phi) is 10.1. The van der Waals surface area contributed by atoms with Crippen LogP contribution in [0, 0.1) is 18.3 Å². The molecule has 196 valence electrons. The van der Waals surface area contributed by atoms with Crippen molar-refractivity contribution in [3.63, 3.8) is 0 Å². The van der Waals surface area contributed by atoms with Crippen LogP contribution in [0.4, 0.5) is 23.0 Å². The van der Waals surface area contributed by atoms with Crippen LogP contribution in [-0.2, 0) is 9.47 Å². The van der Waals surface area contributed by atoms with Crippen molar-refractivity contribution in [3.8, 4) is 6.07 Å². The summed E-state index contributed by atoms with van der Waals surface area (Å²) in [6.45, 7) is 4.06. The van der Waals surface area contributed by atoms with Gasteiger partial charge in [-0.3, -0.25) is 14.5 Å². The van der Waals surface area contributed by atoms with E-state index < -0.39 is 5.91 Å². The van der Waals surface area contributed by atoms with Gasteiger partial charge in [-0.2, -0.15) is 5.26 Å². The average molecular weight is 637 g/mol. The van der Waals surface area contributed by atoms with Gasteiger partial charge in [0.25, 0.3) is 11.8 Å². The predicted molar refractivity (Wildman–Crippen MR) is 146 cm³/mol. The van der Waals surface area contributed by atoms with E-state index in [0.717, 1.165) is 17.7 Å². The number of aromatic nitrogens is 1. The summed E-state index contributed by atoms with van der Waals surface area (Å²) in [5.74, 6) is 0.0749. The maximum atomic E-state index is 12.6. The maximum Gasteiger partial charge on any atom is 0.262 e. The van der Waals surface area contributed by atoms with Crippen molar-refractivity contribution in [1.82, 2.24) is 9.88 Å². The minimum Gasteiger partial charge on any atom is -0.385 e. The van der Waals surface area contributed by atoms with Gasteiger partial charge in [-0.15, -0.1) is 10.2 Å². The highest BCUT2D eigenvalue weighted by molar-refractivity contribution is 9.11. The van der Waals surface area contributed by atoms with Gasteiger partial charge in [0.1, 0.15) is 23.3 Å². The Labute approximate surface area is 231 Å². The molecule has 0 saturated heterocycles. The second kappa shape index (κ2) is 13.0. The van der Waals surface area contributed by atoms with E-state index in [4.69, 9.17) is 9.47 Å². The topological polar surface area (TPSA) is 141 Å². The summed E-state index contributed by atoms with van der Waals surface area (Å²) in [4.78, 5) is 30.7. The lowest BCUT2D eigenvalue weighted by Crippen LogP contribution is -2.24. The molecule has 37 heavy (non-hydrogen) atoms. The monoisotopic (exact) mass is 635 g/mol. The fourth-order valence-electron chi connectivity index (χ4n) is 3.67. The summed E-state index contributed by atoms with van der Waals surface area (Å²) in [5.41, 5.74) is 2.16. The van der Waals surface area contributed by atoms with Crippen LogP contribution in [0.2, 0.25) is 0 Å². The van der Waals surface area contributed by atoms with Gasteiger partial charge < -0.3 is 20.1 Å². The number of hydrogen-bond acceptors (Lipinski definition) is 10. The van der Waals surface area contributed by atoms with Gasteiger partial charge in [0.05, 0.1) is 21.2 Å². The second-order valence-electron chi connectivity index (χ2n) is 8.13. The van der Waals surface area contributed by atoms with Crippen molar-refractivity contribution < 1.29 is 19.1 Å². The van der Waals surface area contributed by atoms with Gasteiger partial charge in [-0.05, 0) is 57.7 Å². The van der Waals surface area contributed by atoms with Crippen molar-refractivity contribution in [1.29, 1.82) is 5.26 Å². The molecular formula is C24H27Br2N7O4. The first kappa shape index (κ1) is 28.6. The summed E-state index contributed by atoms with van der Waals surface area (Å²) < 4.78 is 11.0. The molecule has 0 aliphatic carbocycles. The van der Waals surface area contributed by atoms with Crippen LogP contribution in [0.5, 0.6) is 0 Å². The number of nitrogens with zero attached hydrogens (tertiary/aromatic N) is 5. The number of carbonyl (C=O) groups is 2. The van der Waals surface area contributed by atoms with E-state index in [2.05, 4.69) is 63.8 Å². The van der Waals surface area contributed by atoms with Crippen LogP contribution in [0.1, 0.15) is 44.7 Å². The number of amides is 2. The summed E-state index contributed by atoms with van der Waals surface area (Å²) in [5, 5.41) is 25.2. The molecule has 3 rings (SSSR count). The zero-order valence-electron chi connectivity index (χ0n) is 20.9. The van der Waals surface area contributed by atoms with Gasteiger partial charge in [0.15, 0.2) is 5.82 Å². The first-order chi connectivity index (χ1) is 17.8. The summed E-state index contributed by atoms with van der Waals surface area (Å²) >= 11 is 6.86. The first-order valence-corrected chi connectivity index (χ1v) is 13.0. The number of benzene rings is 1. The Morgan fingerprint density at radius 2 is 1.62 bits per heavy atom. The normalized spacial score (nSPS) is 12.8. The Hall–Kier alpha value is -2.92. The number of imide groups is 1. The van der Waals surface area contributed by atoms with Crippen molar-refractivity contribution in [2.45, 2.75) is 19.8 Å². The lowest BCUT2D eigenvalue weighted by molar-refractivity contribution is 0.0693. The minimum atomic E-state index is -0.426. The smallest absolute Gasteiger partial charge is 0.262 e.